The number of hydrogen-bond donors (Lipinski definition) is 2. The van der Waals surface area contributed by atoms with Crippen LogP contribution in [0.15, 0.2) is 18.2 Å². The molecule has 1 unspecified atom stereocenters. The second-order valence-electron chi connectivity index (χ2n) is 4.01. The van der Waals surface area contributed by atoms with Gasteiger partial charge in [-0.1, -0.05) is 18.2 Å². The summed E-state index contributed by atoms with van der Waals surface area (Å²) in [6.07, 6.45) is 4.19. The van der Waals surface area contributed by atoms with Crippen LogP contribution in [0.3, 0.4) is 0 Å². The molecule has 1 atom stereocenters. The van der Waals surface area contributed by atoms with Crippen molar-refractivity contribution in [2.75, 3.05) is 6.61 Å². The topological polar surface area (TPSA) is 46.2 Å². The van der Waals surface area contributed by atoms with Gasteiger partial charge in [0.2, 0.25) is 0 Å². The quantitative estimate of drug-likeness (QED) is 0.745. The number of aliphatic hydroxyl groups is 1. The Bertz CT molecular complexity index is 322. The smallest absolute Gasteiger partial charge is 0.0471 e. The SMILES string of the molecule is NC1CCCc2ccc(CCO)cc21. The average molecular weight is 191 g/mol. The van der Waals surface area contributed by atoms with Gasteiger partial charge in [0.1, 0.15) is 0 Å². The number of hydrogen-bond acceptors (Lipinski definition) is 2. The Hall–Kier alpha value is -0.860. The van der Waals surface area contributed by atoms with Crippen LogP contribution in [0, 0.1) is 0 Å². The highest BCUT2D eigenvalue weighted by atomic mass is 16.2. The number of aliphatic hydroxyl groups excluding tert-OH is 1. The van der Waals surface area contributed by atoms with Gasteiger partial charge in [-0.2, -0.15) is 0 Å². The number of nitrogens with two attached hydrogens (primary N) is 1. The number of rotatable bonds is 2. The van der Waals surface area contributed by atoms with Crippen molar-refractivity contribution >= 4 is 0 Å². The summed E-state index contributed by atoms with van der Waals surface area (Å²) in [6.45, 7) is 0.216. The maximum atomic E-state index is 8.86. The van der Waals surface area contributed by atoms with Gasteiger partial charge in [-0.05, 0) is 42.4 Å². The van der Waals surface area contributed by atoms with Crippen LogP contribution >= 0.6 is 0 Å². The highest BCUT2D eigenvalue weighted by molar-refractivity contribution is 5.36. The third kappa shape index (κ3) is 1.81. The van der Waals surface area contributed by atoms with Crippen LogP contribution in [0.25, 0.3) is 0 Å². The average Bonchev–Trinajstić information content (AvgIpc) is 2.20. The lowest BCUT2D eigenvalue weighted by Gasteiger charge is -2.22. The van der Waals surface area contributed by atoms with Crippen LogP contribution < -0.4 is 5.73 Å². The summed E-state index contributed by atoms with van der Waals surface area (Å²) in [5.41, 5.74) is 9.93. The van der Waals surface area contributed by atoms with Crippen molar-refractivity contribution in [1.29, 1.82) is 0 Å². The van der Waals surface area contributed by atoms with Crippen LogP contribution in [0.2, 0.25) is 0 Å². The molecule has 2 rings (SSSR count). The van der Waals surface area contributed by atoms with E-state index in [2.05, 4.69) is 18.2 Å². The molecular formula is C12H17NO. The fraction of sp³-hybridized carbons (Fsp3) is 0.500. The van der Waals surface area contributed by atoms with Crippen molar-refractivity contribution in [3.8, 4) is 0 Å². The van der Waals surface area contributed by atoms with Gasteiger partial charge in [-0.15, -0.1) is 0 Å². The third-order valence-corrected chi connectivity index (χ3v) is 2.97. The highest BCUT2D eigenvalue weighted by Crippen LogP contribution is 2.28. The summed E-state index contributed by atoms with van der Waals surface area (Å²) in [4.78, 5) is 0. The molecule has 0 bridgehead atoms. The zero-order valence-corrected chi connectivity index (χ0v) is 8.37. The molecule has 0 heterocycles. The fourth-order valence-electron chi connectivity index (χ4n) is 2.17. The Kier molecular flexibility index (Phi) is 2.85. The van der Waals surface area contributed by atoms with Crippen molar-refractivity contribution in [2.45, 2.75) is 31.7 Å². The lowest BCUT2D eigenvalue weighted by molar-refractivity contribution is 0.299. The molecule has 3 N–H and O–H groups in total. The summed E-state index contributed by atoms with van der Waals surface area (Å²) < 4.78 is 0. The van der Waals surface area contributed by atoms with Gasteiger partial charge < -0.3 is 10.8 Å². The molecule has 2 heteroatoms. The molecule has 2 nitrogen and oxygen atoms in total. The van der Waals surface area contributed by atoms with Crippen LogP contribution in [0.5, 0.6) is 0 Å². The lowest BCUT2D eigenvalue weighted by atomic mass is 9.87. The van der Waals surface area contributed by atoms with Crippen molar-refractivity contribution < 1.29 is 5.11 Å². The zero-order valence-electron chi connectivity index (χ0n) is 8.37. The second-order valence-corrected chi connectivity index (χ2v) is 4.01. The van der Waals surface area contributed by atoms with Crippen LogP contribution in [0.1, 0.15) is 35.6 Å². The van der Waals surface area contributed by atoms with Gasteiger partial charge in [0.25, 0.3) is 0 Å². The molecule has 0 spiro atoms. The Morgan fingerprint density at radius 1 is 1.43 bits per heavy atom. The van der Waals surface area contributed by atoms with Gasteiger partial charge in [0, 0.05) is 12.6 Å². The van der Waals surface area contributed by atoms with Gasteiger partial charge >= 0.3 is 0 Å². The van der Waals surface area contributed by atoms with E-state index >= 15 is 0 Å². The Morgan fingerprint density at radius 3 is 3.07 bits per heavy atom. The van der Waals surface area contributed by atoms with Crippen molar-refractivity contribution in [2.24, 2.45) is 5.73 Å². The maximum Gasteiger partial charge on any atom is 0.0471 e. The Labute approximate surface area is 84.7 Å². The van der Waals surface area contributed by atoms with E-state index in [-0.39, 0.29) is 12.6 Å². The summed E-state index contributed by atoms with van der Waals surface area (Å²) in [7, 11) is 0. The van der Waals surface area contributed by atoms with E-state index in [0.717, 1.165) is 19.3 Å². The molecule has 0 saturated heterocycles. The first kappa shape index (κ1) is 9.69. The molecule has 1 aromatic carbocycles. The maximum absolute atomic E-state index is 8.86. The lowest BCUT2D eigenvalue weighted by Crippen LogP contribution is -2.17. The van der Waals surface area contributed by atoms with Crippen LogP contribution in [-0.2, 0) is 12.8 Å². The van der Waals surface area contributed by atoms with Gasteiger partial charge in [0.05, 0.1) is 0 Å². The van der Waals surface area contributed by atoms with Crippen molar-refractivity contribution in [1.82, 2.24) is 0 Å². The monoisotopic (exact) mass is 191 g/mol. The Morgan fingerprint density at radius 2 is 2.29 bits per heavy atom. The molecule has 1 aromatic rings. The fourth-order valence-corrected chi connectivity index (χ4v) is 2.17. The second kappa shape index (κ2) is 4.11. The first-order valence-electron chi connectivity index (χ1n) is 5.29. The van der Waals surface area contributed by atoms with Gasteiger partial charge in [0.15, 0.2) is 0 Å². The summed E-state index contributed by atoms with van der Waals surface area (Å²) in [5, 5.41) is 8.86. The third-order valence-electron chi connectivity index (χ3n) is 2.97. The molecule has 1 aliphatic rings. The predicted molar refractivity (Wildman–Crippen MR) is 57.1 cm³/mol. The van der Waals surface area contributed by atoms with E-state index in [0.29, 0.717) is 0 Å². The Balaban J connectivity index is 2.31. The number of benzene rings is 1. The van der Waals surface area contributed by atoms with E-state index in [4.69, 9.17) is 10.8 Å². The molecule has 0 amide bonds. The highest BCUT2D eigenvalue weighted by Gasteiger charge is 2.16. The minimum atomic E-state index is 0.206. The standard InChI is InChI=1S/C12H17NO/c13-12-3-1-2-10-5-4-9(6-7-14)8-11(10)12/h4-5,8,12,14H,1-3,6-7,13H2. The molecule has 14 heavy (non-hydrogen) atoms. The van der Waals surface area contributed by atoms with Gasteiger partial charge in [-0.3, -0.25) is 0 Å². The normalized spacial score (nSPS) is 20.6. The molecule has 0 aliphatic heterocycles. The largest absolute Gasteiger partial charge is 0.396 e. The molecule has 1 aliphatic carbocycles. The van der Waals surface area contributed by atoms with Crippen molar-refractivity contribution in [3.63, 3.8) is 0 Å². The van der Waals surface area contributed by atoms with Crippen molar-refractivity contribution in [3.05, 3.63) is 34.9 Å². The first-order chi connectivity index (χ1) is 6.81. The van der Waals surface area contributed by atoms with E-state index in [1.807, 2.05) is 0 Å². The summed E-state index contributed by atoms with van der Waals surface area (Å²) >= 11 is 0. The van der Waals surface area contributed by atoms with E-state index in [1.165, 1.54) is 23.1 Å². The predicted octanol–water partition coefficient (Wildman–Crippen LogP) is 1.56. The van der Waals surface area contributed by atoms with Gasteiger partial charge in [-0.25, -0.2) is 0 Å². The molecule has 0 fully saturated rings. The molecular weight excluding hydrogens is 174 g/mol. The number of fused-ring (bicyclic) bond motifs is 1. The zero-order chi connectivity index (χ0) is 9.97. The number of aryl methyl sites for hydroxylation is 1. The summed E-state index contributed by atoms with van der Waals surface area (Å²) in [6, 6.07) is 6.64. The minimum Gasteiger partial charge on any atom is -0.396 e. The summed E-state index contributed by atoms with van der Waals surface area (Å²) in [5.74, 6) is 0. The van der Waals surface area contributed by atoms with Crippen LogP contribution in [0.4, 0.5) is 0 Å². The molecule has 0 radical (unpaired) electrons. The molecule has 0 aromatic heterocycles. The molecule has 0 saturated carbocycles. The van der Waals surface area contributed by atoms with E-state index < -0.39 is 0 Å². The van der Waals surface area contributed by atoms with Crippen LogP contribution in [-0.4, -0.2) is 11.7 Å². The van der Waals surface area contributed by atoms with E-state index in [1.54, 1.807) is 0 Å². The van der Waals surface area contributed by atoms with E-state index in [9.17, 15) is 0 Å². The minimum absolute atomic E-state index is 0.206. The first-order valence-corrected chi connectivity index (χ1v) is 5.29. The molecule has 76 valence electrons.